The largest absolute Gasteiger partial charge is 0.495 e. The molecule has 2 heterocycles. The van der Waals surface area contributed by atoms with Gasteiger partial charge in [-0.3, -0.25) is 9.88 Å². The van der Waals surface area contributed by atoms with Crippen molar-refractivity contribution in [3.8, 4) is 23.3 Å². The maximum atomic E-state index is 9.84. The van der Waals surface area contributed by atoms with Gasteiger partial charge in [0.05, 0.1) is 46.7 Å². The number of methoxy groups -OCH3 is 2. The molecule has 4 aromatic rings. The van der Waals surface area contributed by atoms with Crippen molar-refractivity contribution >= 4 is 56.3 Å². The second kappa shape index (κ2) is 11.7. The third-order valence-electron chi connectivity index (χ3n) is 7.03. The zero-order valence-corrected chi connectivity index (χ0v) is 23.6. The van der Waals surface area contributed by atoms with E-state index in [1.165, 1.54) is 7.11 Å². The van der Waals surface area contributed by atoms with Crippen LogP contribution in [-0.4, -0.2) is 75.4 Å². The van der Waals surface area contributed by atoms with E-state index in [0.717, 1.165) is 48.9 Å². The van der Waals surface area contributed by atoms with E-state index < -0.39 is 0 Å². The Bertz CT molecular complexity index is 1570. The highest BCUT2D eigenvalue weighted by Crippen LogP contribution is 2.42. The highest BCUT2D eigenvalue weighted by atomic mass is 35.5. The lowest BCUT2D eigenvalue weighted by Gasteiger charge is -2.32. The Morgan fingerprint density at radius 2 is 1.69 bits per heavy atom. The Kier molecular flexibility index (Phi) is 8.15. The van der Waals surface area contributed by atoms with Crippen molar-refractivity contribution in [2.45, 2.75) is 0 Å². The number of nitrogens with one attached hydrogen (secondary N) is 1. The SMILES string of the molecule is COc1cc(Nc2c(C#N)cnc3c2ccc2c(OC)c(OCCN4CCN(C)CC4)ccc23)c(Cl)cc1Cl. The van der Waals surface area contributed by atoms with E-state index in [2.05, 4.69) is 33.2 Å². The zero-order valence-electron chi connectivity index (χ0n) is 22.1. The third kappa shape index (κ3) is 5.49. The molecule has 1 aliphatic rings. The number of hydrogen-bond acceptors (Lipinski definition) is 8. The van der Waals surface area contributed by atoms with Crippen LogP contribution in [0.3, 0.4) is 0 Å². The first-order chi connectivity index (χ1) is 18.9. The molecule has 1 aliphatic heterocycles. The minimum atomic E-state index is 0.377. The summed E-state index contributed by atoms with van der Waals surface area (Å²) in [4.78, 5) is 9.39. The molecule has 0 bridgehead atoms. The molecule has 1 fully saturated rings. The summed E-state index contributed by atoms with van der Waals surface area (Å²) in [5.74, 6) is 1.81. The first-order valence-corrected chi connectivity index (χ1v) is 13.3. The number of rotatable bonds is 8. The van der Waals surface area contributed by atoms with Gasteiger partial charge in [0.1, 0.15) is 18.4 Å². The number of benzene rings is 3. The molecule has 0 amide bonds. The van der Waals surface area contributed by atoms with E-state index >= 15 is 0 Å². The summed E-state index contributed by atoms with van der Waals surface area (Å²) in [6.45, 7) is 5.66. The van der Waals surface area contributed by atoms with Gasteiger partial charge in [-0.05, 0) is 37.4 Å². The van der Waals surface area contributed by atoms with Crippen LogP contribution in [0.5, 0.6) is 17.2 Å². The van der Waals surface area contributed by atoms with E-state index in [1.807, 2.05) is 24.3 Å². The number of nitriles is 1. The summed E-state index contributed by atoms with van der Waals surface area (Å²) < 4.78 is 17.3. The quantitative estimate of drug-likeness (QED) is 0.262. The minimum Gasteiger partial charge on any atom is -0.495 e. The van der Waals surface area contributed by atoms with E-state index in [0.29, 0.717) is 56.4 Å². The average Bonchev–Trinajstić information content (AvgIpc) is 2.95. The standard InChI is InChI=1S/C29H29Cl2N5O3/c1-35-8-10-36(11-9-35)12-13-39-25-7-6-19-20(29(25)38-3)4-5-21-27(18(16-32)17-33-28(19)21)34-24-15-26(37-2)23(31)14-22(24)30/h4-7,14-15,17H,8-13H2,1-3H3,(H,33,34). The number of piperazine rings is 1. The molecule has 0 spiro atoms. The molecule has 0 unspecified atom stereocenters. The maximum absolute atomic E-state index is 9.84. The van der Waals surface area contributed by atoms with E-state index in [1.54, 1.807) is 25.4 Å². The normalized spacial score (nSPS) is 14.4. The number of likely N-dealkylation sites (N-methyl/N-ethyl adjacent to an activating group) is 1. The van der Waals surface area contributed by atoms with Crippen molar-refractivity contribution in [3.63, 3.8) is 0 Å². The van der Waals surface area contributed by atoms with E-state index in [-0.39, 0.29) is 0 Å². The lowest BCUT2D eigenvalue weighted by molar-refractivity contribution is 0.133. The summed E-state index contributed by atoms with van der Waals surface area (Å²) in [7, 11) is 5.32. The number of nitrogens with zero attached hydrogens (tertiary/aromatic N) is 4. The fourth-order valence-corrected chi connectivity index (χ4v) is 5.35. The number of halogens is 2. The van der Waals surface area contributed by atoms with Gasteiger partial charge in [-0.1, -0.05) is 23.2 Å². The van der Waals surface area contributed by atoms with Crippen LogP contribution in [0.15, 0.2) is 42.6 Å². The molecular weight excluding hydrogens is 537 g/mol. The Morgan fingerprint density at radius 1 is 0.949 bits per heavy atom. The van der Waals surface area contributed by atoms with Crippen LogP contribution in [0, 0.1) is 11.3 Å². The van der Waals surface area contributed by atoms with Crippen molar-refractivity contribution in [2.24, 2.45) is 0 Å². The highest BCUT2D eigenvalue weighted by Gasteiger charge is 2.18. The molecule has 10 heteroatoms. The van der Waals surface area contributed by atoms with Crippen molar-refractivity contribution in [3.05, 3.63) is 58.2 Å². The fraction of sp³-hybridized carbons (Fsp3) is 0.310. The van der Waals surface area contributed by atoms with Gasteiger partial charge in [0, 0.05) is 61.1 Å². The Morgan fingerprint density at radius 3 is 2.41 bits per heavy atom. The Hall–Kier alpha value is -3.48. The van der Waals surface area contributed by atoms with Crippen LogP contribution in [0.2, 0.25) is 10.0 Å². The van der Waals surface area contributed by atoms with Crippen LogP contribution in [0.1, 0.15) is 5.56 Å². The molecule has 8 nitrogen and oxygen atoms in total. The van der Waals surface area contributed by atoms with Crippen LogP contribution in [-0.2, 0) is 0 Å². The fourth-order valence-electron chi connectivity index (χ4n) is 4.84. The number of hydrogen-bond donors (Lipinski definition) is 1. The van der Waals surface area contributed by atoms with E-state index in [9.17, 15) is 5.26 Å². The number of anilines is 2. The summed E-state index contributed by atoms with van der Waals surface area (Å²) >= 11 is 12.7. The number of aromatic nitrogens is 1. The van der Waals surface area contributed by atoms with Crippen molar-refractivity contribution in [2.75, 3.05) is 65.9 Å². The molecule has 0 aliphatic carbocycles. The molecule has 0 radical (unpaired) electrons. The summed E-state index contributed by atoms with van der Waals surface area (Å²) in [5, 5.41) is 16.5. The van der Waals surface area contributed by atoms with Gasteiger partial charge in [-0.15, -0.1) is 0 Å². The van der Waals surface area contributed by atoms with Gasteiger partial charge in [-0.2, -0.15) is 5.26 Å². The highest BCUT2D eigenvalue weighted by molar-refractivity contribution is 6.37. The maximum Gasteiger partial charge on any atom is 0.168 e. The average molecular weight is 566 g/mol. The number of fused-ring (bicyclic) bond motifs is 3. The van der Waals surface area contributed by atoms with Crippen molar-refractivity contribution < 1.29 is 14.2 Å². The number of pyridine rings is 1. The lowest BCUT2D eigenvalue weighted by Crippen LogP contribution is -2.45. The predicted molar refractivity (Wildman–Crippen MR) is 156 cm³/mol. The molecule has 1 N–H and O–H groups in total. The second-order valence-corrected chi connectivity index (χ2v) is 10.2. The Labute approximate surface area is 237 Å². The molecule has 1 aromatic heterocycles. The Balaban J connectivity index is 1.49. The van der Waals surface area contributed by atoms with Crippen LogP contribution in [0.4, 0.5) is 11.4 Å². The van der Waals surface area contributed by atoms with Crippen molar-refractivity contribution in [1.29, 1.82) is 5.26 Å². The molecule has 0 atom stereocenters. The van der Waals surface area contributed by atoms with Gasteiger partial charge < -0.3 is 24.4 Å². The second-order valence-electron chi connectivity index (χ2n) is 9.40. The number of ether oxygens (including phenoxy) is 3. The molecule has 3 aromatic carbocycles. The monoisotopic (exact) mass is 565 g/mol. The minimum absolute atomic E-state index is 0.377. The van der Waals surface area contributed by atoms with Gasteiger partial charge in [0.15, 0.2) is 11.5 Å². The molecule has 39 heavy (non-hydrogen) atoms. The third-order valence-corrected chi connectivity index (χ3v) is 7.64. The smallest absolute Gasteiger partial charge is 0.168 e. The van der Waals surface area contributed by atoms with Crippen LogP contribution >= 0.6 is 23.2 Å². The van der Waals surface area contributed by atoms with Gasteiger partial charge in [0.2, 0.25) is 0 Å². The molecule has 1 saturated heterocycles. The predicted octanol–water partition coefficient (Wildman–Crippen LogP) is 5.95. The molecule has 0 saturated carbocycles. The van der Waals surface area contributed by atoms with E-state index in [4.69, 9.17) is 37.4 Å². The van der Waals surface area contributed by atoms with Gasteiger partial charge in [0.25, 0.3) is 0 Å². The first-order valence-electron chi connectivity index (χ1n) is 12.6. The summed E-state index contributed by atoms with van der Waals surface area (Å²) in [6, 6.07) is 13.3. The van der Waals surface area contributed by atoms with Gasteiger partial charge in [-0.25, -0.2) is 0 Å². The van der Waals surface area contributed by atoms with Crippen LogP contribution < -0.4 is 19.5 Å². The van der Waals surface area contributed by atoms with Gasteiger partial charge >= 0.3 is 0 Å². The lowest BCUT2D eigenvalue weighted by atomic mass is 10.0. The van der Waals surface area contributed by atoms with Crippen molar-refractivity contribution in [1.82, 2.24) is 14.8 Å². The molecular formula is C29H29Cl2N5O3. The first kappa shape index (κ1) is 27.1. The topological polar surface area (TPSA) is 82.9 Å². The zero-order chi connectivity index (χ0) is 27.5. The van der Waals surface area contributed by atoms with Crippen LogP contribution in [0.25, 0.3) is 21.7 Å². The summed E-state index contributed by atoms with van der Waals surface area (Å²) in [5.41, 5.74) is 2.24. The molecule has 202 valence electrons. The molecule has 5 rings (SSSR count). The summed E-state index contributed by atoms with van der Waals surface area (Å²) in [6.07, 6.45) is 1.55.